The maximum Gasteiger partial charge on any atom is 0.180 e. The van der Waals surface area contributed by atoms with Gasteiger partial charge in [0, 0.05) is 23.6 Å². The van der Waals surface area contributed by atoms with Crippen LogP contribution in [0.4, 0.5) is 15.9 Å². The SMILES string of the molecule is Cc1ccc(Nc2ccnc(-c3c(-c4ccccc4)nc4ccc(F)cn34)n2)cc1. The number of nitrogens with zero attached hydrogens (tertiary/aromatic N) is 4. The molecule has 0 aliphatic rings. The second-order valence-electron chi connectivity index (χ2n) is 7.01. The van der Waals surface area contributed by atoms with Crippen LogP contribution in [-0.4, -0.2) is 19.4 Å². The number of pyridine rings is 1. The maximum atomic E-state index is 14.0. The number of hydrogen-bond acceptors (Lipinski definition) is 4. The maximum absolute atomic E-state index is 14.0. The Hall–Kier alpha value is -4.06. The van der Waals surface area contributed by atoms with Crippen molar-refractivity contribution in [1.82, 2.24) is 19.4 Å². The summed E-state index contributed by atoms with van der Waals surface area (Å²) >= 11 is 0. The number of anilines is 2. The van der Waals surface area contributed by atoms with Crippen LogP contribution in [-0.2, 0) is 0 Å². The molecule has 0 saturated heterocycles. The molecule has 0 spiro atoms. The summed E-state index contributed by atoms with van der Waals surface area (Å²) in [5.41, 5.74) is 5.00. The molecular weight excluding hydrogens is 377 g/mol. The summed E-state index contributed by atoms with van der Waals surface area (Å²) < 4.78 is 15.7. The molecular formula is C24H18FN5. The van der Waals surface area contributed by atoms with E-state index in [1.807, 2.05) is 61.5 Å². The quantitative estimate of drug-likeness (QED) is 0.427. The molecule has 0 bridgehead atoms. The molecule has 146 valence electrons. The third kappa shape index (κ3) is 3.39. The first-order chi connectivity index (χ1) is 14.7. The number of imidazole rings is 1. The third-order valence-electron chi connectivity index (χ3n) is 4.82. The van der Waals surface area contributed by atoms with Crippen LogP contribution >= 0.6 is 0 Å². The predicted octanol–water partition coefficient (Wildman–Crippen LogP) is 5.65. The Balaban J connectivity index is 1.65. The van der Waals surface area contributed by atoms with Gasteiger partial charge in [0.2, 0.25) is 0 Å². The zero-order chi connectivity index (χ0) is 20.5. The van der Waals surface area contributed by atoms with Gasteiger partial charge in [0.1, 0.15) is 28.7 Å². The molecule has 30 heavy (non-hydrogen) atoms. The topological polar surface area (TPSA) is 55.1 Å². The van der Waals surface area contributed by atoms with Crippen molar-refractivity contribution in [3.8, 4) is 22.8 Å². The Morgan fingerprint density at radius 3 is 2.47 bits per heavy atom. The first-order valence-corrected chi connectivity index (χ1v) is 9.57. The van der Waals surface area contributed by atoms with E-state index in [1.54, 1.807) is 22.7 Å². The fraction of sp³-hybridized carbons (Fsp3) is 0.0417. The van der Waals surface area contributed by atoms with Gasteiger partial charge in [0.25, 0.3) is 0 Å². The van der Waals surface area contributed by atoms with E-state index in [2.05, 4.69) is 10.3 Å². The van der Waals surface area contributed by atoms with Crippen LogP contribution in [0.1, 0.15) is 5.56 Å². The smallest absolute Gasteiger partial charge is 0.180 e. The van der Waals surface area contributed by atoms with Gasteiger partial charge in [0.15, 0.2) is 5.82 Å². The van der Waals surface area contributed by atoms with Crippen molar-refractivity contribution < 1.29 is 4.39 Å². The zero-order valence-electron chi connectivity index (χ0n) is 16.2. The summed E-state index contributed by atoms with van der Waals surface area (Å²) in [6.45, 7) is 2.04. The number of rotatable bonds is 4. The van der Waals surface area contributed by atoms with Crippen molar-refractivity contribution >= 4 is 17.2 Å². The van der Waals surface area contributed by atoms with E-state index in [-0.39, 0.29) is 5.82 Å². The van der Waals surface area contributed by atoms with E-state index in [0.717, 1.165) is 11.3 Å². The molecule has 0 fully saturated rings. The predicted molar refractivity (Wildman–Crippen MR) is 116 cm³/mol. The first kappa shape index (κ1) is 18.0. The number of aryl methyl sites for hydroxylation is 1. The molecule has 3 aromatic heterocycles. The zero-order valence-corrected chi connectivity index (χ0v) is 16.2. The molecule has 2 aromatic carbocycles. The monoisotopic (exact) mass is 395 g/mol. The minimum Gasteiger partial charge on any atom is -0.340 e. The molecule has 3 heterocycles. The molecule has 0 aliphatic heterocycles. The van der Waals surface area contributed by atoms with Crippen molar-refractivity contribution in [1.29, 1.82) is 0 Å². The molecule has 6 heteroatoms. The van der Waals surface area contributed by atoms with E-state index >= 15 is 0 Å². The van der Waals surface area contributed by atoms with Gasteiger partial charge in [-0.25, -0.2) is 19.3 Å². The van der Waals surface area contributed by atoms with Gasteiger partial charge in [-0.2, -0.15) is 0 Å². The minimum absolute atomic E-state index is 0.352. The lowest BCUT2D eigenvalue weighted by atomic mass is 10.1. The van der Waals surface area contributed by atoms with Gasteiger partial charge in [-0.05, 0) is 37.3 Å². The van der Waals surface area contributed by atoms with Gasteiger partial charge >= 0.3 is 0 Å². The lowest BCUT2D eigenvalue weighted by molar-refractivity contribution is 0.619. The largest absolute Gasteiger partial charge is 0.340 e. The third-order valence-corrected chi connectivity index (χ3v) is 4.82. The number of aromatic nitrogens is 4. The summed E-state index contributed by atoms with van der Waals surface area (Å²) in [6, 6.07) is 22.7. The van der Waals surface area contributed by atoms with Crippen LogP contribution in [0.5, 0.6) is 0 Å². The molecule has 0 atom stereocenters. The standard InChI is InChI=1S/C24H18FN5/c1-16-7-10-19(11-8-16)27-20-13-14-26-24(28-20)23-22(17-5-3-2-4-6-17)29-21-12-9-18(25)15-30(21)23/h2-15H,1H3,(H,26,27,28). The van der Waals surface area contributed by atoms with Crippen LogP contribution in [0.15, 0.2) is 85.2 Å². The molecule has 0 saturated carbocycles. The van der Waals surface area contributed by atoms with Crippen molar-refractivity contribution in [2.45, 2.75) is 6.92 Å². The number of benzene rings is 2. The highest BCUT2D eigenvalue weighted by Crippen LogP contribution is 2.31. The van der Waals surface area contributed by atoms with Crippen molar-refractivity contribution in [2.75, 3.05) is 5.32 Å². The fourth-order valence-corrected chi connectivity index (χ4v) is 3.36. The average Bonchev–Trinajstić information content (AvgIpc) is 3.15. The van der Waals surface area contributed by atoms with Crippen LogP contribution in [0, 0.1) is 12.7 Å². The summed E-state index contributed by atoms with van der Waals surface area (Å²) in [5.74, 6) is 0.757. The van der Waals surface area contributed by atoms with E-state index in [9.17, 15) is 4.39 Å². The summed E-state index contributed by atoms with van der Waals surface area (Å²) in [5, 5.41) is 3.30. The first-order valence-electron chi connectivity index (χ1n) is 9.57. The molecule has 5 rings (SSSR count). The Morgan fingerprint density at radius 1 is 0.867 bits per heavy atom. The fourth-order valence-electron chi connectivity index (χ4n) is 3.36. The van der Waals surface area contributed by atoms with Crippen LogP contribution in [0.25, 0.3) is 28.4 Å². The Bertz CT molecular complexity index is 1330. The van der Waals surface area contributed by atoms with Crippen molar-refractivity contribution in [3.05, 3.63) is 96.6 Å². The van der Waals surface area contributed by atoms with Crippen LogP contribution in [0.3, 0.4) is 0 Å². The Morgan fingerprint density at radius 2 is 1.67 bits per heavy atom. The molecule has 0 radical (unpaired) electrons. The molecule has 0 aliphatic carbocycles. The summed E-state index contributed by atoms with van der Waals surface area (Å²) in [6.07, 6.45) is 3.10. The lowest BCUT2D eigenvalue weighted by Crippen LogP contribution is -2.00. The minimum atomic E-state index is -0.352. The van der Waals surface area contributed by atoms with Gasteiger partial charge in [-0.3, -0.25) is 4.40 Å². The highest BCUT2D eigenvalue weighted by atomic mass is 19.1. The number of fused-ring (bicyclic) bond motifs is 1. The summed E-state index contributed by atoms with van der Waals surface area (Å²) in [7, 11) is 0. The average molecular weight is 395 g/mol. The van der Waals surface area contributed by atoms with Gasteiger partial charge in [-0.1, -0.05) is 48.0 Å². The molecule has 5 aromatic rings. The molecule has 0 unspecified atom stereocenters. The van der Waals surface area contributed by atoms with E-state index in [1.165, 1.54) is 17.8 Å². The van der Waals surface area contributed by atoms with E-state index in [0.29, 0.717) is 28.7 Å². The summed E-state index contributed by atoms with van der Waals surface area (Å²) in [4.78, 5) is 13.9. The Kier molecular flexibility index (Phi) is 4.44. The van der Waals surface area contributed by atoms with Crippen LogP contribution < -0.4 is 5.32 Å². The lowest BCUT2D eigenvalue weighted by Gasteiger charge is -2.09. The molecule has 1 N–H and O–H groups in total. The van der Waals surface area contributed by atoms with Gasteiger partial charge < -0.3 is 5.32 Å². The van der Waals surface area contributed by atoms with E-state index < -0.39 is 0 Å². The van der Waals surface area contributed by atoms with E-state index in [4.69, 9.17) is 9.97 Å². The van der Waals surface area contributed by atoms with Crippen molar-refractivity contribution in [3.63, 3.8) is 0 Å². The normalized spacial score (nSPS) is 11.0. The number of nitrogens with one attached hydrogen (secondary N) is 1. The number of halogens is 1. The second-order valence-corrected chi connectivity index (χ2v) is 7.01. The van der Waals surface area contributed by atoms with Gasteiger partial charge in [-0.15, -0.1) is 0 Å². The van der Waals surface area contributed by atoms with Crippen molar-refractivity contribution in [2.24, 2.45) is 0 Å². The molecule has 0 amide bonds. The highest BCUT2D eigenvalue weighted by molar-refractivity contribution is 5.79. The Labute approximate surface area is 172 Å². The second kappa shape index (κ2) is 7.40. The highest BCUT2D eigenvalue weighted by Gasteiger charge is 2.19. The molecule has 5 nitrogen and oxygen atoms in total. The van der Waals surface area contributed by atoms with Crippen LogP contribution in [0.2, 0.25) is 0 Å². The van der Waals surface area contributed by atoms with Gasteiger partial charge in [0.05, 0.1) is 0 Å². The number of hydrogen-bond donors (Lipinski definition) is 1.